The van der Waals surface area contributed by atoms with E-state index >= 15 is 0 Å². The van der Waals surface area contributed by atoms with Gasteiger partial charge in [-0.25, -0.2) is 4.79 Å². The zero-order chi connectivity index (χ0) is 14.7. The van der Waals surface area contributed by atoms with Crippen molar-refractivity contribution in [3.8, 4) is 17.2 Å². The first-order chi connectivity index (χ1) is 9.56. The quantitative estimate of drug-likeness (QED) is 0.422. The van der Waals surface area contributed by atoms with Crippen molar-refractivity contribution in [3.05, 3.63) is 17.2 Å². The number of hydrogen-bond acceptors (Lipinski definition) is 5. The number of rotatable bonds is 6. The molecule has 1 aliphatic heterocycles. The molecule has 0 spiro atoms. The highest BCUT2D eigenvalue weighted by molar-refractivity contribution is 5.96. The van der Waals surface area contributed by atoms with Crippen molar-refractivity contribution in [3.63, 3.8) is 0 Å². The molecule has 1 aromatic rings. The lowest BCUT2D eigenvalue weighted by molar-refractivity contribution is 0.0360. The van der Waals surface area contributed by atoms with Crippen LogP contribution in [0.5, 0.6) is 17.2 Å². The van der Waals surface area contributed by atoms with Gasteiger partial charge in [0, 0.05) is 0 Å². The van der Waals surface area contributed by atoms with Crippen LogP contribution in [0.15, 0.2) is 6.07 Å². The van der Waals surface area contributed by atoms with Gasteiger partial charge in [0.2, 0.25) is 5.75 Å². The van der Waals surface area contributed by atoms with Crippen LogP contribution in [0.2, 0.25) is 0 Å². The second-order valence-electron chi connectivity index (χ2n) is 5.15. The van der Waals surface area contributed by atoms with Crippen LogP contribution in [-0.4, -0.2) is 21.3 Å². The zero-order valence-corrected chi connectivity index (χ0v) is 11.6. The standard InChI is InChI=1S/C15H20O5/c1-2-3-4-5-6-7-11-12-9(15(19)20-11)8-10(16)13(17)14(12)18/h8,11,16-18H,2-7H2,1H3/t11-/m1/s1. The molecule has 3 N–H and O–H groups in total. The second-order valence-corrected chi connectivity index (χ2v) is 5.15. The number of carbonyl (C=O) groups is 1. The minimum atomic E-state index is -0.599. The third-order valence-electron chi connectivity index (χ3n) is 3.65. The highest BCUT2D eigenvalue weighted by Crippen LogP contribution is 2.48. The van der Waals surface area contributed by atoms with Gasteiger partial charge >= 0.3 is 5.97 Å². The van der Waals surface area contributed by atoms with Crippen LogP contribution < -0.4 is 0 Å². The average Bonchev–Trinajstić information content (AvgIpc) is 2.73. The van der Waals surface area contributed by atoms with Gasteiger partial charge in [-0.15, -0.1) is 0 Å². The number of hydrogen-bond donors (Lipinski definition) is 3. The zero-order valence-electron chi connectivity index (χ0n) is 11.6. The van der Waals surface area contributed by atoms with E-state index in [9.17, 15) is 20.1 Å². The molecule has 1 aliphatic rings. The molecule has 0 saturated carbocycles. The molecule has 110 valence electrons. The number of phenolic OH excluding ortho intramolecular Hbond substituents is 3. The number of unbranched alkanes of at least 4 members (excludes halogenated alkanes) is 4. The fraction of sp³-hybridized carbons (Fsp3) is 0.533. The molecule has 0 amide bonds. The molecule has 20 heavy (non-hydrogen) atoms. The Morgan fingerprint density at radius 1 is 1.10 bits per heavy atom. The number of carbonyl (C=O) groups excluding carboxylic acids is 1. The fourth-order valence-electron chi connectivity index (χ4n) is 2.54. The summed E-state index contributed by atoms with van der Waals surface area (Å²) < 4.78 is 5.21. The van der Waals surface area contributed by atoms with Crippen LogP contribution in [0.3, 0.4) is 0 Å². The predicted octanol–water partition coefficient (Wildman–Crippen LogP) is 3.38. The van der Waals surface area contributed by atoms with Crippen LogP contribution in [0.25, 0.3) is 0 Å². The molecule has 0 unspecified atom stereocenters. The van der Waals surface area contributed by atoms with Crippen LogP contribution >= 0.6 is 0 Å². The molecule has 0 fully saturated rings. The molecule has 0 aliphatic carbocycles. The highest BCUT2D eigenvalue weighted by atomic mass is 16.5. The van der Waals surface area contributed by atoms with Crippen molar-refractivity contribution in [1.82, 2.24) is 0 Å². The van der Waals surface area contributed by atoms with Gasteiger partial charge in [-0.05, 0) is 18.9 Å². The van der Waals surface area contributed by atoms with Crippen molar-refractivity contribution >= 4 is 5.97 Å². The van der Waals surface area contributed by atoms with E-state index < -0.39 is 29.3 Å². The Bertz CT molecular complexity index is 509. The Morgan fingerprint density at radius 3 is 2.50 bits per heavy atom. The van der Waals surface area contributed by atoms with Crippen molar-refractivity contribution in [2.24, 2.45) is 0 Å². The molecule has 0 saturated heterocycles. The van der Waals surface area contributed by atoms with Crippen LogP contribution in [0, 0.1) is 0 Å². The number of aromatic hydroxyl groups is 3. The summed E-state index contributed by atoms with van der Waals surface area (Å²) in [7, 11) is 0. The maximum absolute atomic E-state index is 11.7. The molecule has 1 aromatic carbocycles. The topological polar surface area (TPSA) is 87.0 Å². The summed E-state index contributed by atoms with van der Waals surface area (Å²) in [6.45, 7) is 2.14. The maximum Gasteiger partial charge on any atom is 0.339 e. The van der Waals surface area contributed by atoms with E-state index in [-0.39, 0.29) is 5.56 Å². The molecule has 5 nitrogen and oxygen atoms in total. The average molecular weight is 280 g/mol. The Labute approximate surface area is 117 Å². The lowest BCUT2D eigenvalue weighted by Crippen LogP contribution is -1.99. The highest BCUT2D eigenvalue weighted by Gasteiger charge is 2.36. The monoisotopic (exact) mass is 280 g/mol. The van der Waals surface area contributed by atoms with E-state index in [1.54, 1.807) is 0 Å². The van der Waals surface area contributed by atoms with Gasteiger partial charge in [0.05, 0.1) is 11.1 Å². The largest absolute Gasteiger partial charge is 0.504 e. The Hall–Kier alpha value is -1.91. The summed E-state index contributed by atoms with van der Waals surface area (Å²) >= 11 is 0. The summed E-state index contributed by atoms with van der Waals surface area (Å²) in [4.78, 5) is 11.7. The molecular weight excluding hydrogens is 260 g/mol. The molecule has 2 rings (SSSR count). The van der Waals surface area contributed by atoms with Crippen molar-refractivity contribution < 1.29 is 24.9 Å². The molecule has 1 atom stereocenters. The lowest BCUT2D eigenvalue weighted by atomic mass is 9.98. The molecular formula is C15H20O5. The molecule has 0 aromatic heterocycles. The Kier molecular flexibility index (Phi) is 4.37. The Balaban J connectivity index is 2.09. The van der Waals surface area contributed by atoms with Crippen molar-refractivity contribution in [2.45, 2.75) is 51.6 Å². The van der Waals surface area contributed by atoms with Gasteiger partial charge in [-0.1, -0.05) is 32.6 Å². The van der Waals surface area contributed by atoms with E-state index in [1.165, 1.54) is 6.42 Å². The minimum absolute atomic E-state index is 0.136. The van der Waals surface area contributed by atoms with Gasteiger partial charge < -0.3 is 20.1 Å². The van der Waals surface area contributed by atoms with E-state index in [2.05, 4.69) is 6.92 Å². The van der Waals surface area contributed by atoms with Gasteiger partial charge in [0.15, 0.2) is 11.5 Å². The van der Waals surface area contributed by atoms with Crippen molar-refractivity contribution in [2.75, 3.05) is 0 Å². The third-order valence-corrected chi connectivity index (χ3v) is 3.65. The maximum atomic E-state index is 11.7. The van der Waals surface area contributed by atoms with Gasteiger partial charge in [0.1, 0.15) is 6.10 Å². The first kappa shape index (κ1) is 14.5. The van der Waals surface area contributed by atoms with Crippen molar-refractivity contribution in [1.29, 1.82) is 0 Å². The van der Waals surface area contributed by atoms with E-state index in [0.717, 1.165) is 31.7 Å². The number of phenols is 3. The fourth-order valence-corrected chi connectivity index (χ4v) is 2.54. The summed E-state index contributed by atoms with van der Waals surface area (Å²) in [5.41, 5.74) is 0.428. The minimum Gasteiger partial charge on any atom is -0.504 e. The first-order valence-electron chi connectivity index (χ1n) is 7.05. The first-order valence-corrected chi connectivity index (χ1v) is 7.05. The predicted molar refractivity (Wildman–Crippen MR) is 73.0 cm³/mol. The molecule has 0 bridgehead atoms. The second kappa shape index (κ2) is 6.03. The summed E-state index contributed by atoms with van der Waals surface area (Å²) in [5.74, 6) is -2.13. The number of benzene rings is 1. The number of cyclic esters (lactones) is 1. The summed E-state index contributed by atoms with van der Waals surface area (Å²) in [6.07, 6.45) is 5.49. The van der Waals surface area contributed by atoms with Crippen LogP contribution in [-0.2, 0) is 4.74 Å². The number of ether oxygens (including phenoxy) is 1. The summed E-state index contributed by atoms with van der Waals surface area (Å²) in [6, 6.07) is 1.14. The van der Waals surface area contributed by atoms with Gasteiger partial charge in [-0.2, -0.15) is 0 Å². The molecule has 1 heterocycles. The number of fused-ring (bicyclic) bond motifs is 1. The van der Waals surface area contributed by atoms with Crippen LogP contribution in [0.4, 0.5) is 0 Å². The normalized spacial score (nSPS) is 17.1. The van der Waals surface area contributed by atoms with E-state index in [4.69, 9.17) is 4.74 Å². The van der Waals surface area contributed by atoms with Crippen LogP contribution in [0.1, 0.15) is 67.5 Å². The SMILES string of the molecule is CCCCCCC[C@H]1OC(=O)c2cc(O)c(O)c(O)c21. The van der Waals surface area contributed by atoms with E-state index in [1.807, 2.05) is 0 Å². The van der Waals surface area contributed by atoms with Gasteiger partial charge in [0.25, 0.3) is 0 Å². The lowest BCUT2D eigenvalue weighted by Gasteiger charge is -2.12. The summed E-state index contributed by atoms with van der Waals surface area (Å²) in [5, 5.41) is 28.9. The van der Waals surface area contributed by atoms with Gasteiger partial charge in [-0.3, -0.25) is 0 Å². The number of esters is 1. The smallest absolute Gasteiger partial charge is 0.339 e. The van der Waals surface area contributed by atoms with E-state index in [0.29, 0.717) is 12.0 Å². The molecule has 0 radical (unpaired) electrons. The Morgan fingerprint density at radius 2 is 1.80 bits per heavy atom. The molecule has 5 heteroatoms. The third kappa shape index (κ3) is 2.66.